The standard InChI is InChI=1S/C20H30N6O/c1-4-10-23-19(24(12-5-2)14-7-9-21)16-26-18-15-22-11-8-17(18)25(13-6-3)20(26)27/h4-5,8,11,15H,1-2,6-7,9-10,12-14,16,21H2,3H3. The van der Waals surface area contributed by atoms with E-state index in [1.807, 2.05) is 12.1 Å². The summed E-state index contributed by atoms with van der Waals surface area (Å²) in [6, 6.07) is 1.89. The van der Waals surface area contributed by atoms with Crippen LogP contribution in [0.2, 0.25) is 0 Å². The van der Waals surface area contributed by atoms with Crippen LogP contribution in [0.3, 0.4) is 0 Å². The van der Waals surface area contributed by atoms with Crippen LogP contribution in [0.25, 0.3) is 11.0 Å². The van der Waals surface area contributed by atoms with Crippen LogP contribution in [0.5, 0.6) is 0 Å². The number of rotatable bonds is 11. The molecule has 0 aliphatic rings. The molecule has 2 aromatic heterocycles. The molecule has 0 fully saturated rings. The lowest BCUT2D eigenvalue weighted by atomic mass is 10.3. The third kappa shape index (κ3) is 4.95. The first kappa shape index (κ1) is 20.6. The molecule has 146 valence electrons. The highest BCUT2D eigenvalue weighted by atomic mass is 16.1. The molecule has 0 saturated carbocycles. The summed E-state index contributed by atoms with van der Waals surface area (Å²) in [5, 5.41) is 0. The maximum absolute atomic E-state index is 13.0. The minimum absolute atomic E-state index is 0.0384. The summed E-state index contributed by atoms with van der Waals surface area (Å²) in [7, 11) is 0. The van der Waals surface area contributed by atoms with Gasteiger partial charge in [-0.15, -0.1) is 13.2 Å². The first-order valence-electron chi connectivity index (χ1n) is 9.41. The van der Waals surface area contributed by atoms with Crippen molar-refractivity contribution < 1.29 is 0 Å². The summed E-state index contributed by atoms with van der Waals surface area (Å²) in [5.41, 5.74) is 7.37. The maximum Gasteiger partial charge on any atom is 0.329 e. The summed E-state index contributed by atoms with van der Waals surface area (Å²) in [6.45, 7) is 13.2. The molecule has 0 radical (unpaired) electrons. The Morgan fingerprint density at radius 2 is 2.15 bits per heavy atom. The molecule has 7 nitrogen and oxygen atoms in total. The highest BCUT2D eigenvalue weighted by Crippen LogP contribution is 2.13. The summed E-state index contributed by atoms with van der Waals surface area (Å²) < 4.78 is 3.55. The Balaban J connectivity index is 2.48. The second-order valence-electron chi connectivity index (χ2n) is 6.31. The zero-order chi connectivity index (χ0) is 19.6. The topological polar surface area (TPSA) is 81.4 Å². The second-order valence-corrected chi connectivity index (χ2v) is 6.31. The summed E-state index contributed by atoms with van der Waals surface area (Å²) in [5.74, 6) is 0.824. The SMILES string of the molecule is C=CCN=C(Cn1c(=O)n(CCC)c2ccncc21)N(CC=C)CCCN. The van der Waals surface area contributed by atoms with Gasteiger partial charge in [0.2, 0.25) is 0 Å². The van der Waals surface area contributed by atoms with Crippen LogP contribution < -0.4 is 11.4 Å². The van der Waals surface area contributed by atoms with Crippen molar-refractivity contribution >= 4 is 16.9 Å². The Kier molecular flexibility index (Phi) is 8.00. The average Bonchev–Trinajstić information content (AvgIpc) is 2.94. The molecule has 2 N–H and O–H groups in total. The molecule has 0 bridgehead atoms. The van der Waals surface area contributed by atoms with Crippen molar-refractivity contribution in [2.75, 3.05) is 26.2 Å². The van der Waals surface area contributed by atoms with Crippen molar-refractivity contribution in [1.29, 1.82) is 0 Å². The van der Waals surface area contributed by atoms with E-state index in [0.717, 1.165) is 36.3 Å². The number of aliphatic imine (C=N–C) groups is 1. The molecule has 0 saturated heterocycles. The third-order valence-electron chi connectivity index (χ3n) is 4.32. The zero-order valence-corrected chi connectivity index (χ0v) is 16.2. The monoisotopic (exact) mass is 370 g/mol. The Morgan fingerprint density at radius 3 is 2.81 bits per heavy atom. The van der Waals surface area contributed by atoms with Gasteiger partial charge >= 0.3 is 5.69 Å². The number of aryl methyl sites for hydroxylation is 1. The number of hydrogen-bond donors (Lipinski definition) is 1. The molecule has 0 aromatic carbocycles. The molecule has 7 heteroatoms. The van der Waals surface area contributed by atoms with Crippen molar-refractivity contribution in [3.05, 3.63) is 54.3 Å². The number of nitrogens with zero attached hydrogens (tertiary/aromatic N) is 5. The Morgan fingerprint density at radius 1 is 1.33 bits per heavy atom. The number of nitrogens with two attached hydrogens (primary N) is 1. The van der Waals surface area contributed by atoms with Gasteiger partial charge < -0.3 is 10.6 Å². The first-order chi connectivity index (χ1) is 13.2. The maximum atomic E-state index is 13.0. The van der Waals surface area contributed by atoms with E-state index < -0.39 is 0 Å². The Bertz CT molecular complexity index is 848. The van der Waals surface area contributed by atoms with Crippen molar-refractivity contribution in [3.8, 4) is 0 Å². The predicted molar refractivity (Wildman–Crippen MR) is 112 cm³/mol. The van der Waals surface area contributed by atoms with Crippen LogP contribution in [-0.2, 0) is 13.1 Å². The fraction of sp³-hybridized carbons (Fsp3) is 0.450. The van der Waals surface area contributed by atoms with E-state index in [0.29, 0.717) is 32.7 Å². The number of imidazole rings is 1. The van der Waals surface area contributed by atoms with Crippen LogP contribution in [0.1, 0.15) is 19.8 Å². The van der Waals surface area contributed by atoms with Crippen LogP contribution in [0, 0.1) is 0 Å². The van der Waals surface area contributed by atoms with Gasteiger partial charge in [0.15, 0.2) is 0 Å². The molecule has 2 heterocycles. The normalized spacial score (nSPS) is 11.7. The molecular formula is C20H30N6O. The summed E-state index contributed by atoms with van der Waals surface area (Å²) >= 11 is 0. The molecule has 2 rings (SSSR count). The lowest BCUT2D eigenvalue weighted by Crippen LogP contribution is -2.38. The predicted octanol–water partition coefficient (Wildman–Crippen LogP) is 2.03. The molecule has 0 aliphatic carbocycles. The smallest absolute Gasteiger partial charge is 0.329 e. The highest BCUT2D eigenvalue weighted by Gasteiger charge is 2.17. The van der Waals surface area contributed by atoms with Gasteiger partial charge in [-0.2, -0.15) is 0 Å². The fourth-order valence-corrected chi connectivity index (χ4v) is 3.08. The molecule has 2 aromatic rings. The number of aromatic nitrogens is 3. The minimum Gasteiger partial charge on any atom is -0.355 e. The van der Waals surface area contributed by atoms with Crippen LogP contribution >= 0.6 is 0 Å². The third-order valence-corrected chi connectivity index (χ3v) is 4.32. The van der Waals surface area contributed by atoms with E-state index >= 15 is 0 Å². The lowest BCUT2D eigenvalue weighted by molar-refractivity contribution is 0.436. The van der Waals surface area contributed by atoms with Gasteiger partial charge in [-0.3, -0.25) is 19.1 Å². The molecule has 0 amide bonds. The summed E-state index contributed by atoms with van der Waals surface area (Å²) in [4.78, 5) is 24.0. The van der Waals surface area contributed by atoms with E-state index in [2.05, 4.69) is 35.0 Å². The number of fused-ring (bicyclic) bond motifs is 1. The van der Waals surface area contributed by atoms with Gasteiger partial charge in [-0.1, -0.05) is 19.1 Å². The minimum atomic E-state index is -0.0384. The van der Waals surface area contributed by atoms with Crippen LogP contribution in [0.15, 0.2) is 53.6 Å². The van der Waals surface area contributed by atoms with Gasteiger partial charge in [0.05, 0.1) is 30.3 Å². The largest absolute Gasteiger partial charge is 0.355 e. The summed E-state index contributed by atoms with van der Waals surface area (Å²) in [6.07, 6.45) is 8.78. The molecule has 0 aliphatic heterocycles. The number of hydrogen-bond acceptors (Lipinski definition) is 4. The molecule has 27 heavy (non-hydrogen) atoms. The molecule has 0 atom stereocenters. The van der Waals surface area contributed by atoms with E-state index in [9.17, 15) is 4.79 Å². The molecule has 0 unspecified atom stereocenters. The van der Waals surface area contributed by atoms with E-state index in [4.69, 9.17) is 5.73 Å². The second kappa shape index (κ2) is 10.5. The van der Waals surface area contributed by atoms with E-state index in [1.54, 1.807) is 27.6 Å². The number of amidine groups is 1. The highest BCUT2D eigenvalue weighted by molar-refractivity contribution is 5.84. The van der Waals surface area contributed by atoms with Crippen LogP contribution in [0.4, 0.5) is 0 Å². The van der Waals surface area contributed by atoms with E-state index in [-0.39, 0.29) is 5.69 Å². The first-order valence-corrected chi connectivity index (χ1v) is 9.41. The number of pyridine rings is 1. The van der Waals surface area contributed by atoms with Gasteiger partial charge in [-0.05, 0) is 25.5 Å². The van der Waals surface area contributed by atoms with Gasteiger partial charge in [0.1, 0.15) is 5.84 Å². The van der Waals surface area contributed by atoms with E-state index in [1.165, 1.54) is 0 Å². The van der Waals surface area contributed by atoms with Crippen molar-refractivity contribution in [2.45, 2.75) is 32.9 Å². The van der Waals surface area contributed by atoms with Gasteiger partial charge in [-0.25, -0.2) is 4.79 Å². The van der Waals surface area contributed by atoms with Crippen molar-refractivity contribution in [1.82, 2.24) is 19.0 Å². The lowest BCUT2D eigenvalue weighted by Gasteiger charge is -2.25. The van der Waals surface area contributed by atoms with Gasteiger partial charge in [0, 0.05) is 25.8 Å². The van der Waals surface area contributed by atoms with Crippen molar-refractivity contribution in [3.63, 3.8) is 0 Å². The van der Waals surface area contributed by atoms with Crippen molar-refractivity contribution in [2.24, 2.45) is 10.7 Å². The Labute approximate surface area is 160 Å². The molecular weight excluding hydrogens is 340 g/mol. The van der Waals surface area contributed by atoms with Crippen LogP contribution in [-0.4, -0.2) is 51.0 Å². The quantitative estimate of drug-likeness (QED) is 0.373. The zero-order valence-electron chi connectivity index (χ0n) is 16.2. The average molecular weight is 371 g/mol. The Hall–Kier alpha value is -2.67. The molecule has 0 spiro atoms. The fourth-order valence-electron chi connectivity index (χ4n) is 3.08. The van der Waals surface area contributed by atoms with Gasteiger partial charge in [0.25, 0.3) is 0 Å².